The lowest BCUT2D eigenvalue weighted by Gasteiger charge is -2.15. The average molecular weight is 190 g/mol. The fourth-order valence-corrected chi connectivity index (χ4v) is 0.694. The molecule has 0 aromatic carbocycles. The zero-order valence-electron chi connectivity index (χ0n) is 7.37. The summed E-state index contributed by atoms with van der Waals surface area (Å²) in [6.45, 7) is 2.66. The minimum absolute atomic E-state index is 0.339. The van der Waals surface area contributed by atoms with E-state index in [0.29, 0.717) is 24.6 Å². The van der Waals surface area contributed by atoms with Crippen LogP contribution in [-0.4, -0.2) is 36.2 Å². The summed E-state index contributed by atoms with van der Waals surface area (Å²) in [5, 5.41) is 0. The van der Waals surface area contributed by atoms with Crippen molar-refractivity contribution in [3.8, 4) is 0 Å². The molecular weight excluding hydrogens is 176 g/mol. The highest BCUT2D eigenvalue weighted by Crippen LogP contribution is 1.92. The van der Waals surface area contributed by atoms with Gasteiger partial charge in [-0.15, -0.1) is 0 Å². The number of nitrogens with zero attached hydrogens (tertiary/aromatic N) is 1. The smallest absolute Gasteiger partial charge is 0.409 e. The molecule has 0 aliphatic carbocycles. The Kier molecular flexibility index (Phi) is 5.36. The molecule has 0 aromatic rings. The van der Waals surface area contributed by atoms with E-state index in [1.807, 2.05) is 0 Å². The van der Waals surface area contributed by atoms with Crippen molar-refractivity contribution in [2.75, 3.05) is 20.2 Å². The number of hydrogen-bond acceptors (Lipinski definition) is 3. The van der Waals surface area contributed by atoms with Crippen molar-refractivity contribution < 1.29 is 9.53 Å². The summed E-state index contributed by atoms with van der Waals surface area (Å²) in [5.41, 5.74) is 5.27. The van der Waals surface area contributed by atoms with Gasteiger partial charge in [-0.05, 0) is 6.92 Å². The third kappa shape index (κ3) is 4.90. The molecule has 0 spiro atoms. The number of nitrogens with two attached hydrogens (primary N) is 1. The molecule has 0 radical (unpaired) electrons. The molecule has 0 aromatic heterocycles. The van der Waals surface area contributed by atoms with Crippen molar-refractivity contribution in [2.45, 2.75) is 13.3 Å². The standard InChI is InChI=1S/C7H14N2O2S/c1-3-11-7(10)9(2)5-4-6(8)12/h3-5H2,1-2H3,(H2,8,12). The zero-order chi connectivity index (χ0) is 9.56. The minimum atomic E-state index is -0.339. The Morgan fingerprint density at radius 2 is 2.25 bits per heavy atom. The first-order valence-corrected chi connectivity index (χ1v) is 4.15. The van der Waals surface area contributed by atoms with Crippen LogP contribution in [0.2, 0.25) is 0 Å². The number of carbonyl (C=O) groups excluding carboxylic acids is 1. The van der Waals surface area contributed by atoms with E-state index in [9.17, 15) is 4.79 Å². The molecule has 1 amide bonds. The third-order valence-electron chi connectivity index (χ3n) is 1.27. The first-order chi connectivity index (χ1) is 5.57. The van der Waals surface area contributed by atoms with Gasteiger partial charge in [0.05, 0.1) is 11.6 Å². The van der Waals surface area contributed by atoms with Crippen molar-refractivity contribution in [3.05, 3.63) is 0 Å². The van der Waals surface area contributed by atoms with E-state index in [4.69, 9.17) is 10.5 Å². The molecule has 0 bridgehead atoms. The number of amides is 1. The average Bonchev–Trinajstić information content (AvgIpc) is 2.00. The largest absolute Gasteiger partial charge is 0.450 e. The second-order valence-electron chi connectivity index (χ2n) is 2.34. The molecule has 0 fully saturated rings. The Balaban J connectivity index is 3.63. The molecule has 4 nitrogen and oxygen atoms in total. The van der Waals surface area contributed by atoms with Gasteiger partial charge in [0.1, 0.15) is 0 Å². The Bertz CT molecular complexity index is 173. The number of rotatable bonds is 4. The summed E-state index contributed by atoms with van der Waals surface area (Å²) in [6.07, 6.45) is 0.193. The van der Waals surface area contributed by atoms with Gasteiger partial charge in [-0.25, -0.2) is 4.79 Å². The Labute approximate surface area is 77.7 Å². The lowest BCUT2D eigenvalue weighted by molar-refractivity contribution is 0.117. The predicted molar refractivity (Wildman–Crippen MR) is 51.1 cm³/mol. The van der Waals surface area contributed by atoms with Crippen molar-refractivity contribution in [2.24, 2.45) is 5.73 Å². The Morgan fingerprint density at radius 1 is 1.67 bits per heavy atom. The first-order valence-electron chi connectivity index (χ1n) is 3.74. The van der Waals surface area contributed by atoms with E-state index in [2.05, 4.69) is 12.2 Å². The summed E-state index contributed by atoms with van der Waals surface area (Å²) in [6, 6.07) is 0. The van der Waals surface area contributed by atoms with Gasteiger partial charge in [0.25, 0.3) is 0 Å². The van der Waals surface area contributed by atoms with E-state index in [-0.39, 0.29) is 6.09 Å². The van der Waals surface area contributed by atoms with Crippen LogP contribution < -0.4 is 5.73 Å². The molecule has 12 heavy (non-hydrogen) atoms. The zero-order valence-corrected chi connectivity index (χ0v) is 8.19. The van der Waals surface area contributed by atoms with Crippen LogP contribution in [0.4, 0.5) is 4.79 Å². The van der Waals surface area contributed by atoms with Gasteiger partial charge < -0.3 is 15.4 Å². The van der Waals surface area contributed by atoms with Crippen molar-refractivity contribution in [3.63, 3.8) is 0 Å². The molecule has 0 atom stereocenters. The van der Waals surface area contributed by atoms with Gasteiger partial charge in [0, 0.05) is 20.0 Å². The van der Waals surface area contributed by atoms with Crippen LogP contribution in [0, 0.1) is 0 Å². The summed E-state index contributed by atoms with van der Waals surface area (Å²) in [5.74, 6) is 0. The van der Waals surface area contributed by atoms with Crippen LogP contribution in [0.3, 0.4) is 0 Å². The fourth-order valence-electron chi connectivity index (χ4n) is 0.603. The molecule has 5 heteroatoms. The second-order valence-corrected chi connectivity index (χ2v) is 2.86. The van der Waals surface area contributed by atoms with Crippen LogP contribution in [0.15, 0.2) is 0 Å². The molecule has 0 saturated heterocycles. The molecule has 0 aliphatic rings. The van der Waals surface area contributed by atoms with Gasteiger partial charge in [0.2, 0.25) is 0 Å². The van der Waals surface area contributed by atoms with Crippen molar-refractivity contribution >= 4 is 23.3 Å². The van der Waals surface area contributed by atoms with E-state index in [1.54, 1.807) is 14.0 Å². The SMILES string of the molecule is CCOC(=O)N(C)CCC(N)=S. The van der Waals surface area contributed by atoms with Gasteiger partial charge in [-0.1, -0.05) is 12.2 Å². The highest BCUT2D eigenvalue weighted by Gasteiger charge is 2.07. The van der Waals surface area contributed by atoms with Crippen LogP contribution >= 0.6 is 12.2 Å². The summed E-state index contributed by atoms with van der Waals surface area (Å²) in [7, 11) is 1.65. The summed E-state index contributed by atoms with van der Waals surface area (Å²) < 4.78 is 4.74. The number of hydrogen-bond donors (Lipinski definition) is 1. The lowest BCUT2D eigenvalue weighted by Crippen LogP contribution is -2.30. The van der Waals surface area contributed by atoms with Gasteiger partial charge >= 0.3 is 6.09 Å². The maximum atomic E-state index is 11.0. The lowest BCUT2D eigenvalue weighted by atomic mass is 10.4. The molecule has 0 unspecified atom stereocenters. The van der Waals surface area contributed by atoms with Gasteiger partial charge in [0.15, 0.2) is 0 Å². The molecular formula is C7H14N2O2S. The quantitative estimate of drug-likeness (QED) is 0.665. The summed E-state index contributed by atoms with van der Waals surface area (Å²) in [4.78, 5) is 12.8. The second kappa shape index (κ2) is 5.77. The van der Waals surface area contributed by atoms with Gasteiger partial charge in [-0.3, -0.25) is 0 Å². The maximum absolute atomic E-state index is 11.0. The molecule has 70 valence electrons. The van der Waals surface area contributed by atoms with Crippen LogP contribution in [-0.2, 0) is 4.74 Å². The van der Waals surface area contributed by atoms with Crippen LogP contribution in [0.25, 0.3) is 0 Å². The van der Waals surface area contributed by atoms with Crippen molar-refractivity contribution in [1.29, 1.82) is 0 Å². The predicted octanol–water partition coefficient (Wildman–Crippen LogP) is 0.751. The Morgan fingerprint density at radius 3 is 2.67 bits per heavy atom. The maximum Gasteiger partial charge on any atom is 0.409 e. The monoisotopic (exact) mass is 190 g/mol. The molecule has 0 heterocycles. The highest BCUT2D eigenvalue weighted by molar-refractivity contribution is 7.80. The van der Waals surface area contributed by atoms with E-state index in [0.717, 1.165) is 0 Å². The van der Waals surface area contributed by atoms with E-state index < -0.39 is 0 Å². The first kappa shape index (κ1) is 11.2. The number of ether oxygens (including phenoxy) is 1. The number of thiocarbonyl (C=S) groups is 1. The molecule has 0 rings (SSSR count). The fraction of sp³-hybridized carbons (Fsp3) is 0.714. The minimum Gasteiger partial charge on any atom is -0.450 e. The van der Waals surface area contributed by atoms with E-state index in [1.165, 1.54) is 4.90 Å². The topological polar surface area (TPSA) is 55.6 Å². The van der Waals surface area contributed by atoms with Crippen molar-refractivity contribution in [1.82, 2.24) is 4.90 Å². The molecule has 2 N–H and O–H groups in total. The van der Waals surface area contributed by atoms with Crippen LogP contribution in [0.1, 0.15) is 13.3 Å². The normalized spacial score (nSPS) is 9.17. The third-order valence-corrected chi connectivity index (χ3v) is 1.48. The molecule has 0 saturated carbocycles. The Hall–Kier alpha value is -0.840. The van der Waals surface area contributed by atoms with Gasteiger partial charge in [-0.2, -0.15) is 0 Å². The van der Waals surface area contributed by atoms with E-state index >= 15 is 0 Å². The highest BCUT2D eigenvalue weighted by atomic mass is 32.1. The van der Waals surface area contributed by atoms with Crippen LogP contribution in [0.5, 0.6) is 0 Å². The number of carbonyl (C=O) groups is 1. The summed E-state index contributed by atoms with van der Waals surface area (Å²) >= 11 is 4.66. The molecule has 0 aliphatic heterocycles.